The summed E-state index contributed by atoms with van der Waals surface area (Å²) in [5, 5.41) is 2.93. The topological polar surface area (TPSA) is 59.5 Å². The Labute approximate surface area is 132 Å². The third-order valence-electron chi connectivity index (χ3n) is 4.14. The summed E-state index contributed by atoms with van der Waals surface area (Å²) in [6.07, 6.45) is -4.49. The normalized spacial score (nSPS) is 21.7. The van der Waals surface area contributed by atoms with Crippen molar-refractivity contribution in [3.05, 3.63) is 17.5 Å². The van der Waals surface area contributed by atoms with Gasteiger partial charge in [-0.15, -0.1) is 0 Å². The number of aromatic nitrogens is 2. The second-order valence-electron chi connectivity index (χ2n) is 5.89. The summed E-state index contributed by atoms with van der Waals surface area (Å²) < 4.78 is 49.6. The van der Waals surface area contributed by atoms with Crippen LogP contribution in [0.1, 0.15) is 11.4 Å². The van der Waals surface area contributed by atoms with Crippen LogP contribution in [0.3, 0.4) is 0 Å². The number of anilines is 1. The van der Waals surface area contributed by atoms with Gasteiger partial charge in [0.15, 0.2) is 0 Å². The van der Waals surface area contributed by atoms with E-state index in [1.54, 1.807) is 0 Å². The summed E-state index contributed by atoms with van der Waals surface area (Å²) >= 11 is 0. The zero-order valence-electron chi connectivity index (χ0n) is 12.8. The van der Waals surface area contributed by atoms with E-state index in [0.717, 1.165) is 19.2 Å². The van der Waals surface area contributed by atoms with Gasteiger partial charge >= 0.3 is 6.18 Å². The molecule has 3 heterocycles. The first kappa shape index (κ1) is 16.4. The van der Waals surface area contributed by atoms with Crippen LogP contribution in [-0.4, -0.2) is 66.5 Å². The first-order valence-electron chi connectivity index (χ1n) is 7.46. The first-order chi connectivity index (χ1) is 10.9. The molecule has 9 heteroatoms. The Morgan fingerprint density at radius 3 is 2.48 bits per heavy atom. The Bertz CT molecular complexity index is 555. The van der Waals surface area contributed by atoms with Crippen molar-refractivity contribution < 1.29 is 22.6 Å². The number of nitrogens with one attached hydrogen (secondary N) is 1. The fourth-order valence-electron chi connectivity index (χ4n) is 2.93. The molecule has 128 valence electrons. The van der Waals surface area contributed by atoms with Gasteiger partial charge in [0.1, 0.15) is 5.69 Å². The lowest BCUT2D eigenvalue weighted by Gasteiger charge is -2.49. The molecule has 0 bridgehead atoms. The highest BCUT2D eigenvalue weighted by atomic mass is 19.4. The van der Waals surface area contributed by atoms with Gasteiger partial charge in [0.05, 0.1) is 32.0 Å². The van der Waals surface area contributed by atoms with Gasteiger partial charge in [-0.2, -0.15) is 13.2 Å². The summed E-state index contributed by atoms with van der Waals surface area (Å²) in [4.78, 5) is 9.88. The van der Waals surface area contributed by atoms with Crippen molar-refractivity contribution in [2.75, 3.05) is 51.4 Å². The lowest BCUT2D eigenvalue weighted by Crippen LogP contribution is -2.66. The van der Waals surface area contributed by atoms with Crippen molar-refractivity contribution in [2.24, 2.45) is 0 Å². The predicted molar refractivity (Wildman–Crippen MR) is 76.2 cm³/mol. The van der Waals surface area contributed by atoms with Crippen LogP contribution >= 0.6 is 0 Å². The van der Waals surface area contributed by atoms with Crippen molar-refractivity contribution in [3.8, 4) is 0 Å². The van der Waals surface area contributed by atoms with Gasteiger partial charge in [-0.3, -0.25) is 4.90 Å². The Morgan fingerprint density at radius 1 is 1.22 bits per heavy atom. The van der Waals surface area contributed by atoms with Gasteiger partial charge < -0.3 is 14.8 Å². The highest BCUT2D eigenvalue weighted by Gasteiger charge is 2.42. The van der Waals surface area contributed by atoms with Crippen LogP contribution in [0.25, 0.3) is 0 Å². The molecule has 0 spiro atoms. The number of halogens is 3. The molecular formula is C14H19F3N4O2. The van der Waals surface area contributed by atoms with E-state index in [2.05, 4.69) is 20.2 Å². The smallest absolute Gasteiger partial charge is 0.378 e. The molecule has 1 aromatic heterocycles. The highest BCUT2D eigenvalue weighted by Crippen LogP contribution is 2.29. The molecule has 0 unspecified atom stereocenters. The van der Waals surface area contributed by atoms with Gasteiger partial charge in [-0.1, -0.05) is 0 Å². The molecule has 1 aromatic rings. The number of hydrogen-bond acceptors (Lipinski definition) is 6. The lowest BCUT2D eigenvalue weighted by atomic mass is 9.96. The number of nitrogens with zero attached hydrogens (tertiary/aromatic N) is 3. The maximum absolute atomic E-state index is 12.8. The average Bonchev–Trinajstić information content (AvgIpc) is 2.52. The van der Waals surface area contributed by atoms with Crippen LogP contribution in [0.4, 0.5) is 19.1 Å². The molecule has 0 aliphatic carbocycles. The first-order valence-corrected chi connectivity index (χ1v) is 7.46. The number of ether oxygens (including phenoxy) is 2. The minimum Gasteiger partial charge on any atom is -0.378 e. The van der Waals surface area contributed by atoms with Crippen LogP contribution in [0.5, 0.6) is 0 Å². The van der Waals surface area contributed by atoms with E-state index in [0.29, 0.717) is 33.0 Å². The van der Waals surface area contributed by atoms with Crippen LogP contribution < -0.4 is 5.32 Å². The van der Waals surface area contributed by atoms with E-state index < -0.39 is 11.9 Å². The number of alkyl halides is 3. The zero-order chi connectivity index (χ0) is 16.5. The Kier molecular flexibility index (Phi) is 4.43. The van der Waals surface area contributed by atoms with Gasteiger partial charge in [-0.05, 0) is 13.0 Å². The third kappa shape index (κ3) is 3.56. The fourth-order valence-corrected chi connectivity index (χ4v) is 2.93. The molecular weight excluding hydrogens is 313 g/mol. The molecule has 0 amide bonds. The maximum atomic E-state index is 12.8. The molecule has 0 aromatic carbocycles. The van der Waals surface area contributed by atoms with Crippen molar-refractivity contribution in [1.82, 2.24) is 14.9 Å². The number of morpholine rings is 2. The summed E-state index contributed by atoms with van der Waals surface area (Å²) in [5.41, 5.74) is -1.06. The second-order valence-corrected chi connectivity index (χ2v) is 5.89. The molecule has 0 radical (unpaired) electrons. The standard InChI is InChI=1S/C14H19F3N4O2/c1-10-6-11(14(15,16)17)20-12(19-10)18-7-13-8-22-4-2-21(13)3-5-23-9-13/h6H,2-5,7-9H2,1H3,(H,18,19,20). The molecule has 0 saturated carbocycles. The minimum absolute atomic E-state index is 0.0252. The van der Waals surface area contributed by atoms with Gasteiger partial charge in [0.2, 0.25) is 5.95 Å². The monoisotopic (exact) mass is 332 g/mol. The van der Waals surface area contributed by atoms with Crippen molar-refractivity contribution >= 4 is 5.95 Å². The SMILES string of the molecule is Cc1cc(C(F)(F)F)nc(NCC23COCCN2CCOC3)n1. The Morgan fingerprint density at radius 2 is 1.87 bits per heavy atom. The molecule has 2 aliphatic heterocycles. The fraction of sp³-hybridized carbons (Fsp3) is 0.714. The van der Waals surface area contributed by atoms with E-state index >= 15 is 0 Å². The molecule has 1 N–H and O–H groups in total. The van der Waals surface area contributed by atoms with Crippen molar-refractivity contribution in [2.45, 2.75) is 18.6 Å². The number of hydrogen-bond donors (Lipinski definition) is 1. The van der Waals surface area contributed by atoms with Gasteiger partial charge in [0, 0.05) is 25.3 Å². The predicted octanol–water partition coefficient (Wildman–Crippen LogP) is 1.32. The van der Waals surface area contributed by atoms with E-state index in [1.807, 2.05) is 0 Å². The molecule has 2 fully saturated rings. The molecule has 6 nitrogen and oxygen atoms in total. The average molecular weight is 332 g/mol. The quantitative estimate of drug-likeness (QED) is 0.901. The van der Waals surface area contributed by atoms with E-state index in [9.17, 15) is 13.2 Å². The largest absolute Gasteiger partial charge is 0.433 e. The lowest BCUT2D eigenvalue weighted by molar-refractivity contribution is -0.141. The van der Waals surface area contributed by atoms with Gasteiger partial charge in [0.25, 0.3) is 0 Å². The maximum Gasteiger partial charge on any atom is 0.433 e. The minimum atomic E-state index is -4.49. The molecule has 2 saturated heterocycles. The summed E-state index contributed by atoms with van der Waals surface area (Å²) in [6, 6.07) is 0.934. The van der Waals surface area contributed by atoms with E-state index in [4.69, 9.17) is 9.47 Å². The van der Waals surface area contributed by atoms with E-state index in [-0.39, 0.29) is 17.2 Å². The number of aryl methyl sites for hydroxylation is 1. The zero-order valence-corrected chi connectivity index (χ0v) is 12.8. The number of rotatable bonds is 3. The summed E-state index contributed by atoms with van der Waals surface area (Å²) in [6.45, 7) is 5.70. The Hall–Kier alpha value is -1.45. The van der Waals surface area contributed by atoms with Crippen LogP contribution in [-0.2, 0) is 15.7 Å². The molecule has 2 aliphatic rings. The van der Waals surface area contributed by atoms with Crippen molar-refractivity contribution in [1.29, 1.82) is 0 Å². The summed E-state index contributed by atoms with van der Waals surface area (Å²) in [5.74, 6) is -0.0252. The van der Waals surface area contributed by atoms with E-state index in [1.165, 1.54) is 6.92 Å². The Balaban J connectivity index is 1.75. The highest BCUT2D eigenvalue weighted by molar-refractivity contribution is 5.30. The molecule has 0 atom stereocenters. The van der Waals surface area contributed by atoms with Crippen molar-refractivity contribution in [3.63, 3.8) is 0 Å². The van der Waals surface area contributed by atoms with Crippen LogP contribution in [0, 0.1) is 6.92 Å². The summed E-state index contributed by atoms with van der Waals surface area (Å²) in [7, 11) is 0. The van der Waals surface area contributed by atoms with Gasteiger partial charge in [-0.25, -0.2) is 9.97 Å². The van der Waals surface area contributed by atoms with Crippen LogP contribution in [0.2, 0.25) is 0 Å². The number of fused-ring (bicyclic) bond motifs is 1. The van der Waals surface area contributed by atoms with Crippen LogP contribution in [0.15, 0.2) is 6.07 Å². The third-order valence-corrected chi connectivity index (χ3v) is 4.14. The molecule has 3 rings (SSSR count). The molecule has 23 heavy (non-hydrogen) atoms. The second kappa shape index (κ2) is 6.21.